The van der Waals surface area contributed by atoms with Crippen LogP contribution in [-0.2, 0) is 9.59 Å². The second kappa shape index (κ2) is 4.41. The van der Waals surface area contributed by atoms with Gasteiger partial charge in [-0.05, 0) is 32.7 Å². The van der Waals surface area contributed by atoms with Crippen molar-refractivity contribution in [1.82, 2.24) is 10.2 Å². The molecule has 16 heavy (non-hydrogen) atoms. The normalized spacial score (nSPS) is 34.3. The van der Waals surface area contributed by atoms with Crippen LogP contribution in [0.15, 0.2) is 0 Å². The van der Waals surface area contributed by atoms with Gasteiger partial charge in [-0.1, -0.05) is 0 Å². The molecule has 5 heteroatoms. The van der Waals surface area contributed by atoms with Crippen LogP contribution in [-0.4, -0.2) is 47.1 Å². The van der Waals surface area contributed by atoms with Crippen molar-refractivity contribution in [2.75, 3.05) is 13.1 Å². The molecule has 0 spiro atoms. The molecule has 0 radical (unpaired) electrons. The summed E-state index contributed by atoms with van der Waals surface area (Å²) in [6, 6.07) is -0.262. The van der Waals surface area contributed by atoms with E-state index in [-0.39, 0.29) is 18.0 Å². The third kappa shape index (κ3) is 1.91. The van der Waals surface area contributed by atoms with Crippen molar-refractivity contribution in [2.24, 2.45) is 5.92 Å². The molecule has 2 aliphatic rings. The molecular formula is C11H18N2O3. The zero-order valence-electron chi connectivity index (χ0n) is 9.48. The van der Waals surface area contributed by atoms with Crippen LogP contribution in [0.3, 0.4) is 0 Å². The van der Waals surface area contributed by atoms with Crippen LogP contribution in [0.4, 0.5) is 0 Å². The van der Waals surface area contributed by atoms with Crippen molar-refractivity contribution < 1.29 is 14.7 Å². The molecule has 2 unspecified atom stereocenters. The number of amides is 1. The molecule has 1 amide bonds. The fourth-order valence-corrected chi connectivity index (χ4v) is 2.68. The molecule has 5 nitrogen and oxygen atoms in total. The number of rotatable bonds is 2. The third-order valence-electron chi connectivity index (χ3n) is 3.71. The number of aliphatic carboxylic acids is 1. The topological polar surface area (TPSA) is 69.6 Å². The van der Waals surface area contributed by atoms with Crippen LogP contribution in [0.25, 0.3) is 0 Å². The minimum atomic E-state index is -0.790. The molecule has 2 fully saturated rings. The zero-order chi connectivity index (χ0) is 11.7. The molecule has 2 aliphatic heterocycles. The van der Waals surface area contributed by atoms with Crippen molar-refractivity contribution in [3.8, 4) is 0 Å². The third-order valence-corrected chi connectivity index (χ3v) is 3.71. The lowest BCUT2D eigenvalue weighted by atomic mass is 10.0. The van der Waals surface area contributed by atoms with Gasteiger partial charge in [0.25, 0.3) is 0 Å². The molecule has 0 aromatic heterocycles. The molecule has 2 heterocycles. The highest BCUT2D eigenvalue weighted by Gasteiger charge is 2.40. The lowest BCUT2D eigenvalue weighted by molar-refractivity contribution is -0.143. The first-order valence-corrected chi connectivity index (χ1v) is 5.88. The molecular weight excluding hydrogens is 208 g/mol. The number of nitrogens with one attached hydrogen (secondary N) is 1. The van der Waals surface area contributed by atoms with E-state index >= 15 is 0 Å². The number of carboxylic acid groups (broad SMARTS) is 1. The molecule has 2 rings (SSSR count). The lowest BCUT2D eigenvalue weighted by Gasteiger charge is -2.26. The molecule has 0 bridgehead atoms. The van der Waals surface area contributed by atoms with Crippen LogP contribution in [0.2, 0.25) is 0 Å². The minimum Gasteiger partial charge on any atom is -0.481 e. The van der Waals surface area contributed by atoms with E-state index in [2.05, 4.69) is 5.32 Å². The fourth-order valence-electron chi connectivity index (χ4n) is 2.68. The summed E-state index contributed by atoms with van der Waals surface area (Å²) >= 11 is 0. The van der Waals surface area contributed by atoms with Crippen molar-refractivity contribution in [1.29, 1.82) is 0 Å². The standard InChI is InChI=1S/C11H18N2O3/c1-7-8(11(15)16)4-6-13(7)10(14)9-3-2-5-12-9/h7-9,12H,2-6H2,1H3,(H,15,16)/t7?,8?,9-/m1/s1. The van der Waals surface area contributed by atoms with Crippen molar-refractivity contribution in [3.63, 3.8) is 0 Å². The SMILES string of the molecule is CC1C(C(=O)O)CCN1C(=O)[C@H]1CCCN1. The maximum absolute atomic E-state index is 12.1. The van der Waals surface area contributed by atoms with Crippen LogP contribution in [0, 0.1) is 5.92 Å². The van der Waals surface area contributed by atoms with Crippen molar-refractivity contribution >= 4 is 11.9 Å². The first kappa shape index (κ1) is 11.4. The highest BCUT2D eigenvalue weighted by Crippen LogP contribution is 2.25. The van der Waals surface area contributed by atoms with Gasteiger partial charge in [0.15, 0.2) is 0 Å². The largest absolute Gasteiger partial charge is 0.481 e. The summed E-state index contributed by atoms with van der Waals surface area (Å²) in [6.45, 7) is 3.30. The van der Waals surface area contributed by atoms with Crippen LogP contribution in [0.5, 0.6) is 0 Å². The van der Waals surface area contributed by atoms with Gasteiger partial charge >= 0.3 is 5.97 Å². The summed E-state index contributed by atoms with van der Waals surface area (Å²) in [6.07, 6.45) is 2.48. The quantitative estimate of drug-likeness (QED) is 0.698. The maximum Gasteiger partial charge on any atom is 0.308 e. The Labute approximate surface area is 94.8 Å². The summed E-state index contributed by atoms with van der Waals surface area (Å²) in [4.78, 5) is 24.8. The number of likely N-dealkylation sites (tertiary alicyclic amines) is 1. The Balaban J connectivity index is 2.00. The van der Waals surface area contributed by atoms with Crippen molar-refractivity contribution in [2.45, 2.75) is 38.3 Å². The molecule has 0 aromatic carbocycles. The molecule has 2 saturated heterocycles. The first-order chi connectivity index (χ1) is 7.61. The van der Waals surface area contributed by atoms with Crippen LogP contribution in [0.1, 0.15) is 26.2 Å². The van der Waals surface area contributed by atoms with Gasteiger partial charge in [-0.15, -0.1) is 0 Å². The van der Waals surface area contributed by atoms with E-state index in [0.717, 1.165) is 19.4 Å². The Bertz CT molecular complexity index is 300. The van der Waals surface area contributed by atoms with E-state index in [0.29, 0.717) is 13.0 Å². The maximum atomic E-state index is 12.1. The zero-order valence-corrected chi connectivity index (χ0v) is 9.48. The lowest BCUT2D eigenvalue weighted by Crippen LogP contribution is -2.46. The monoisotopic (exact) mass is 226 g/mol. The van der Waals surface area contributed by atoms with E-state index in [1.165, 1.54) is 0 Å². The Morgan fingerprint density at radius 1 is 1.38 bits per heavy atom. The Hall–Kier alpha value is -1.10. The van der Waals surface area contributed by atoms with E-state index in [1.54, 1.807) is 4.90 Å². The van der Waals surface area contributed by atoms with Gasteiger partial charge in [-0.25, -0.2) is 0 Å². The molecule has 2 N–H and O–H groups in total. The minimum absolute atomic E-state index is 0.0775. The Kier molecular flexibility index (Phi) is 3.14. The van der Waals surface area contributed by atoms with E-state index in [9.17, 15) is 9.59 Å². The van der Waals surface area contributed by atoms with Crippen LogP contribution < -0.4 is 5.32 Å². The molecule has 3 atom stereocenters. The Morgan fingerprint density at radius 3 is 2.62 bits per heavy atom. The summed E-state index contributed by atoms with van der Waals surface area (Å²) in [7, 11) is 0. The van der Waals surface area contributed by atoms with E-state index in [4.69, 9.17) is 5.11 Å². The van der Waals surface area contributed by atoms with E-state index in [1.807, 2.05) is 6.92 Å². The first-order valence-electron chi connectivity index (χ1n) is 5.88. The number of hydrogen-bond acceptors (Lipinski definition) is 3. The van der Waals surface area contributed by atoms with E-state index < -0.39 is 11.9 Å². The van der Waals surface area contributed by atoms with Gasteiger partial charge in [0.2, 0.25) is 5.91 Å². The average molecular weight is 226 g/mol. The number of carboxylic acids is 1. The highest BCUT2D eigenvalue weighted by atomic mass is 16.4. The average Bonchev–Trinajstić information content (AvgIpc) is 2.84. The van der Waals surface area contributed by atoms with Gasteiger partial charge in [-0.3, -0.25) is 9.59 Å². The summed E-state index contributed by atoms with van der Waals surface area (Å²) in [5.41, 5.74) is 0. The summed E-state index contributed by atoms with van der Waals surface area (Å²) < 4.78 is 0. The second-order valence-corrected chi connectivity index (χ2v) is 4.65. The smallest absolute Gasteiger partial charge is 0.308 e. The molecule has 0 aromatic rings. The predicted octanol–water partition coefficient (Wildman–Crippen LogP) is 0.0600. The Morgan fingerprint density at radius 2 is 2.12 bits per heavy atom. The predicted molar refractivity (Wildman–Crippen MR) is 57.9 cm³/mol. The number of hydrogen-bond donors (Lipinski definition) is 2. The van der Waals surface area contributed by atoms with Crippen LogP contribution >= 0.6 is 0 Å². The van der Waals surface area contributed by atoms with Crippen molar-refractivity contribution in [3.05, 3.63) is 0 Å². The van der Waals surface area contributed by atoms with Gasteiger partial charge in [-0.2, -0.15) is 0 Å². The molecule has 90 valence electrons. The second-order valence-electron chi connectivity index (χ2n) is 4.65. The van der Waals surface area contributed by atoms with Gasteiger partial charge < -0.3 is 15.3 Å². The number of nitrogens with zero attached hydrogens (tertiary/aromatic N) is 1. The van der Waals surface area contributed by atoms with Gasteiger partial charge in [0, 0.05) is 12.6 Å². The number of carbonyl (C=O) groups is 2. The van der Waals surface area contributed by atoms with Gasteiger partial charge in [0.05, 0.1) is 12.0 Å². The number of carbonyl (C=O) groups excluding carboxylic acids is 1. The van der Waals surface area contributed by atoms with Gasteiger partial charge in [0.1, 0.15) is 0 Å². The molecule has 0 saturated carbocycles. The molecule has 0 aliphatic carbocycles. The highest BCUT2D eigenvalue weighted by molar-refractivity contribution is 5.84. The summed E-state index contributed by atoms with van der Waals surface area (Å²) in [5, 5.41) is 12.2. The summed E-state index contributed by atoms with van der Waals surface area (Å²) in [5.74, 6) is -1.11. The fraction of sp³-hybridized carbons (Fsp3) is 0.818.